The zero-order chi connectivity index (χ0) is 16.7. The molecule has 4 heteroatoms. The molecule has 23 heavy (non-hydrogen) atoms. The van der Waals surface area contributed by atoms with E-state index in [1.165, 1.54) is 0 Å². The summed E-state index contributed by atoms with van der Waals surface area (Å²) >= 11 is 0. The number of rotatable bonds is 8. The zero-order valence-electron chi connectivity index (χ0n) is 13.1. The van der Waals surface area contributed by atoms with Gasteiger partial charge in [-0.2, -0.15) is 0 Å². The second kappa shape index (κ2) is 8.79. The first-order valence-corrected chi connectivity index (χ1v) is 7.83. The Morgan fingerprint density at radius 2 is 0.826 bits per heavy atom. The molecule has 0 saturated heterocycles. The van der Waals surface area contributed by atoms with Crippen molar-refractivity contribution < 1.29 is 20.4 Å². The van der Waals surface area contributed by atoms with Crippen molar-refractivity contribution in [2.24, 2.45) is 0 Å². The molecule has 0 amide bonds. The highest BCUT2D eigenvalue weighted by Crippen LogP contribution is 2.19. The number of hydrogen-bond acceptors (Lipinski definition) is 4. The molecular weight excluding hydrogens is 292 g/mol. The van der Waals surface area contributed by atoms with Gasteiger partial charge in [-0.3, -0.25) is 0 Å². The normalized spacial score (nSPS) is 11.4. The Morgan fingerprint density at radius 3 is 1.09 bits per heavy atom. The van der Waals surface area contributed by atoms with Crippen molar-refractivity contribution in [1.29, 1.82) is 0 Å². The van der Waals surface area contributed by atoms with Crippen LogP contribution in [0.2, 0.25) is 0 Å². The molecule has 2 rings (SSSR count). The van der Waals surface area contributed by atoms with E-state index in [0.29, 0.717) is 0 Å². The van der Waals surface area contributed by atoms with Gasteiger partial charge in [0.2, 0.25) is 0 Å². The molecule has 0 spiro atoms. The fourth-order valence-corrected chi connectivity index (χ4v) is 2.59. The van der Waals surface area contributed by atoms with E-state index in [9.17, 15) is 20.4 Å². The molecular formula is C19H24O4. The van der Waals surface area contributed by atoms with Crippen LogP contribution < -0.4 is 0 Å². The Morgan fingerprint density at radius 1 is 0.522 bits per heavy atom. The molecule has 0 aliphatic rings. The molecule has 0 saturated carbocycles. The molecule has 0 unspecified atom stereocenters. The van der Waals surface area contributed by atoms with Crippen LogP contribution in [0.3, 0.4) is 0 Å². The largest absolute Gasteiger partial charge is 0.396 e. The summed E-state index contributed by atoms with van der Waals surface area (Å²) < 4.78 is 0. The van der Waals surface area contributed by atoms with Gasteiger partial charge in [-0.1, -0.05) is 48.5 Å². The second-order valence-electron chi connectivity index (χ2n) is 5.78. The van der Waals surface area contributed by atoms with Crippen LogP contribution in [-0.2, 0) is 6.42 Å². The van der Waals surface area contributed by atoms with Crippen LogP contribution in [0.1, 0.15) is 34.1 Å². The van der Waals surface area contributed by atoms with E-state index >= 15 is 0 Å². The van der Waals surface area contributed by atoms with Gasteiger partial charge in [0.1, 0.15) is 0 Å². The van der Waals surface area contributed by atoms with Gasteiger partial charge < -0.3 is 20.4 Å². The smallest absolute Gasteiger partial charge is 0.0521 e. The fraction of sp³-hybridized carbons (Fsp3) is 0.368. The summed E-state index contributed by atoms with van der Waals surface area (Å²) in [6.45, 7) is -0.245. The molecule has 0 radical (unpaired) electrons. The van der Waals surface area contributed by atoms with Crippen molar-refractivity contribution in [3.63, 3.8) is 0 Å². The Hall–Kier alpha value is -1.72. The minimum absolute atomic E-state index is 0.0613. The third-order valence-electron chi connectivity index (χ3n) is 4.19. The van der Waals surface area contributed by atoms with Gasteiger partial charge >= 0.3 is 0 Å². The predicted molar refractivity (Wildman–Crippen MR) is 89.5 cm³/mol. The average Bonchev–Trinajstić information content (AvgIpc) is 2.60. The van der Waals surface area contributed by atoms with Gasteiger partial charge in [-0.05, 0) is 28.7 Å². The molecule has 2 aromatic rings. The summed E-state index contributed by atoms with van der Waals surface area (Å²) in [6.07, 6.45) is 0.784. The van der Waals surface area contributed by atoms with Gasteiger partial charge in [0, 0.05) is 11.8 Å². The number of benzene rings is 2. The van der Waals surface area contributed by atoms with Gasteiger partial charge in [-0.25, -0.2) is 0 Å². The maximum atomic E-state index is 9.20. The SMILES string of the molecule is OCC(CO)c1ccc(Cc2ccc(C(CO)CO)cc2)cc1. The number of aliphatic hydroxyl groups excluding tert-OH is 4. The topological polar surface area (TPSA) is 80.9 Å². The first-order chi connectivity index (χ1) is 11.2. The van der Waals surface area contributed by atoms with Crippen molar-refractivity contribution in [1.82, 2.24) is 0 Å². The van der Waals surface area contributed by atoms with Gasteiger partial charge in [0.05, 0.1) is 26.4 Å². The van der Waals surface area contributed by atoms with E-state index in [1.54, 1.807) is 0 Å². The summed E-state index contributed by atoms with van der Waals surface area (Å²) in [5.41, 5.74) is 4.17. The van der Waals surface area contributed by atoms with Crippen LogP contribution in [0.5, 0.6) is 0 Å². The molecule has 0 atom stereocenters. The van der Waals surface area contributed by atoms with E-state index in [2.05, 4.69) is 0 Å². The predicted octanol–water partition coefficient (Wildman–Crippen LogP) is 1.41. The van der Waals surface area contributed by atoms with Crippen LogP contribution in [0, 0.1) is 0 Å². The summed E-state index contributed by atoms with van der Waals surface area (Å²) in [7, 11) is 0. The van der Waals surface area contributed by atoms with Gasteiger partial charge in [-0.15, -0.1) is 0 Å². The van der Waals surface area contributed by atoms with Crippen molar-refractivity contribution in [2.45, 2.75) is 18.3 Å². The van der Waals surface area contributed by atoms with Crippen molar-refractivity contribution >= 4 is 0 Å². The molecule has 0 aliphatic heterocycles. The standard InChI is InChI=1S/C19H24O4/c20-10-18(11-21)16-5-1-14(2-6-16)9-15-3-7-17(8-4-15)19(12-22)13-23/h1-8,18-23H,9-13H2. The lowest BCUT2D eigenvalue weighted by Crippen LogP contribution is -2.09. The Balaban J connectivity index is 2.04. The highest BCUT2D eigenvalue weighted by molar-refractivity contribution is 5.32. The summed E-state index contributed by atoms with van der Waals surface area (Å²) in [4.78, 5) is 0. The molecule has 4 N–H and O–H groups in total. The fourth-order valence-electron chi connectivity index (χ4n) is 2.59. The lowest BCUT2D eigenvalue weighted by molar-refractivity contribution is 0.192. The third kappa shape index (κ3) is 4.62. The van der Waals surface area contributed by atoms with Crippen LogP contribution in [-0.4, -0.2) is 46.9 Å². The summed E-state index contributed by atoms with van der Waals surface area (Å²) in [5, 5.41) is 36.8. The quantitative estimate of drug-likeness (QED) is 0.594. The van der Waals surface area contributed by atoms with Crippen LogP contribution in [0.15, 0.2) is 48.5 Å². The van der Waals surface area contributed by atoms with E-state index in [-0.39, 0.29) is 38.3 Å². The second-order valence-corrected chi connectivity index (χ2v) is 5.78. The van der Waals surface area contributed by atoms with Crippen LogP contribution in [0.4, 0.5) is 0 Å². The van der Waals surface area contributed by atoms with E-state index in [4.69, 9.17) is 0 Å². The summed E-state index contributed by atoms with van der Waals surface area (Å²) in [5.74, 6) is -0.450. The van der Waals surface area contributed by atoms with E-state index in [1.807, 2.05) is 48.5 Å². The zero-order valence-corrected chi connectivity index (χ0v) is 13.1. The molecule has 0 aromatic heterocycles. The van der Waals surface area contributed by atoms with Crippen LogP contribution >= 0.6 is 0 Å². The monoisotopic (exact) mass is 316 g/mol. The average molecular weight is 316 g/mol. The first-order valence-electron chi connectivity index (χ1n) is 7.83. The highest BCUT2D eigenvalue weighted by atomic mass is 16.3. The molecule has 0 heterocycles. The van der Waals surface area contributed by atoms with Crippen molar-refractivity contribution in [2.75, 3.05) is 26.4 Å². The molecule has 0 fully saturated rings. The Kier molecular flexibility index (Phi) is 6.74. The first kappa shape index (κ1) is 17.6. The van der Waals surface area contributed by atoms with Crippen molar-refractivity contribution in [3.05, 3.63) is 70.8 Å². The maximum absolute atomic E-state index is 9.20. The Labute approximate surface area is 136 Å². The van der Waals surface area contributed by atoms with E-state index < -0.39 is 0 Å². The molecule has 124 valence electrons. The third-order valence-corrected chi connectivity index (χ3v) is 4.19. The molecule has 0 aliphatic carbocycles. The van der Waals surface area contributed by atoms with Crippen LogP contribution in [0.25, 0.3) is 0 Å². The van der Waals surface area contributed by atoms with Crippen molar-refractivity contribution in [3.8, 4) is 0 Å². The molecule has 2 aromatic carbocycles. The lowest BCUT2D eigenvalue weighted by Gasteiger charge is -2.13. The minimum Gasteiger partial charge on any atom is -0.396 e. The van der Waals surface area contributed by atoms with E-state index in [0.717, 1.165) is 28.7 Å². The lowest BCUT2D eigenvalue weighted by atomic mass is 9.95. The summed E-state index contributed by atoms with van der Waals surface area (Å²) in [6, 6.07) is 15.8. The molecule has 4 nitrogen and oxygen atoms in total. The Bertz CT molecular complexity index is 516. The number of hydrogen-bond donors (Lipinski definition) is 4. The van der Waals surface area contributed by atoms with Gasteiger partial charge in [0.15, 0.2) is 0 Å². The maximum Gasteiger partial charge on any atom is 0.0521 e. The van der Waals surface area contributed by atoms with Gasteiger partial charge in [0.25, 0.3) is 0 Å². The minimum atomic E-state index is -0.225. The molecule has 0 bridgehead atoms. The number of aliphatic hydroxyl groups is 4. The highest BCUT2D eigenvalue weighted by Gasteiger charge is 2.10.